The Labute approximate surface area is 151 Å². The normalized spacial score (nSPS) is 26.7. The Bertz CT molecular complexity index is 690. The molecule has 0 unspecified atom stereocenters. The van der Waals surface area contributed by atoms with Gasteiger partial charge >= 0.3 is 0 Å². The average Bonchev–Trinajstić information content (AvgIpc) is 2.87. The fourth-order valence-electron chi connectivity index (χ4n) is 4.14. The van der Waals surface area contributed by atoms with Crippen LogP contribution in [0.4, 0.5) is 0 Å². The van der Waals surface area contributed by atoms with Gasteiger partial charge in [-0.25, -0.2) is 8.42 Å². The van der Waals surface area contributed by atoms with Crippen molar-refractivity contribution in [2.45, 2.75) is 39.4 Å². The molecule has 0 aromatic heterocycles. The van der Waals surface area contributed by atoms with E-state index in [9.17, 15) is 8.42 Å². The van der Waals surface area contributed by atoms with Crippen LogP contribution in [0, 0.1) is 5.92 Å². The van der Waals surface area contributed by atoms with Gasteiger partial charge in [0.15, 0.2) is 9.84 Å². The fraction of sp³-hybridized carbons (Fsp3) is 0.684. The molecule has 5 nitrogen and oxygen atoms in total. The summed E-state index contributed by atoms with van der Waals surface area (Å²) in [7, 11) is -2.96. The van der Waals surface area contributed by atoms with E-state index in [1.165, 1.54) is 0 Å². The minimum atomic E-state index is -2.96. The molecule has 0 amide bonds. The number of sulfone groups is 1. The lowest BCUT2D eigenvalue weighted by molar-refractivity contribution is 0.0333. The quantitative estimate of drug-likeness (QED) is 0.771. The van der Waals surface area contributed by atoms with E-state index in [1.54, 1.807) is 0 Å². The minimum absolute atomic E-state index is 0.0900. The summed E-state index contributed by atoms with van der Waals surface area (Å²) in [5.74, 6) is 2.04. The summed E-state index contributed by atoms with van der Waals surface area (Å²) in [4.78, 5) is 4.74. The number of fused-ring (bicyclic) bond motifs is 1. The first-order valence-electron chi connectivity index (χ1n) is 9.29. The second-order valence-electron chi connectivity index (χ2n) is 7.61. The standard InChI is InChI=1S/C19H30N2O3S/c1-4-24-19-8-6-5-7-16(19)12-21-10-9-20(11-15(2)3)17-13-25(22,23)14-18(17)21/h5-8,15,17-18H,4,9-14H2,1-3H3/t17-,18+/m0/s1. The molecule has 0 aliphatic carbocycles. The van der Waals surface area contributed by atoms with Gasteiger partial charge in [0, 0.05) is 43.8 Å². The molecule has 25 heavy (non-hydrogen) atoms. The van der Waals surface area contributed by atoms with Crippen molar-refractivity contribution in [2.24, 2.45) is 5.92 Å². The van der Waals surface area contributed by atoms with E-state index >= 15 is 0 Å². The molecule has 140 valence electrons. The zero-order valence-corrected chi connectivity index (χ0v) is 16.3. The number of hydrogen-bond donors (Lipinski definition) is 0. The highest BCUT2D eigenvalue weighted by atomic mass is 32.2. The van der Waals surface area contributed by atoms with Crippen LogP contribution in [-0.4, -0.2) is 68.0 Å². The maximum atomic E-state index is 12.3. The first kappa shape index (κ1) is 18.7. The van der Waals surface area contributed by atoms with Gasteiger partial charge in [0.25, 0.3) is 0 Å². The first-order chi connectivity index (χ1) is 11.9. The predicted molar refractivity (Wildman–Crippen MR) is 101 cm³/mol. The highest BCUT2D eigenvalue weighted by Crippen LogP contribution is 2.30. The number of hydrogen-bond acceptors (Lipinski definition) is 5. The highest BCUT2D eigenvalue weighted by molar-refractivity contribution is 7.91. The molecular formula is C19H30N2O3S. The third-order valence-corrected chi connectivity index (χ3v) is 6.85. The van der Waals surface area contributed by atoms with E-state index in [0.29, 0.717) is 18.3 Å². The van der Waals surface area contributed by atoms with Gasteiger partial charge in [-0.15, -0.1) is 0 Å². The van der Waals surface area contributed by atoms with Crippen LogP contribution in [0.5, 0.6) is 5.75 Å². The van der Waals surface area contributed by atoms with Crippen molar-refractivity contribution < 1.29 is 13.2 Å². The molecule has 2 aliphatic rings. The largest absolute Gasteiger partial charge is 0.494 e. The Morgan fingerprint density at radius 2 is 1.76 bits per heavy atom. The Kier molecular flexibility index (Phi) is 5.71. The molecule has 1 aromatic carbocycles. The van der Waals surface area contributed by atoms with Crippen molar-refractivity contribution in [1.29, 1.82) is 0 Å². The van der Waals surface area contributed by atoms with Crippen molar-refractivity contribution in [3.63, 3.8) is 0 Å². The van der Waals surface area contributed by atoms with Gasteiger partial charge in [0.05, 0.1) is 18.1 Å². The van der Waals surface area contributed by atoms with Crippen molar-refractivity contribution in [2.75, 3.05) is 37.7 Å². The smallest absolute Gasteiger partial charge is 0.153 e. The summed E-state index contributed by atoms with van der Waals surface area (Å²) in [5, 5.41) is 0. The molecule has 0 spiro atoms. The minimum Gasteiger partial charge on any atom is -0.494 e. The Morgan fingerprint density at radius 1 is 1.12 bits per heavy atom. The molecule has 3 rings (SSSR count). The summed E-state index contributed by atoms with van der Waals surface area (Å²) < 4.78 is 30.4. The zero-order chi connectivity index (χ0) is 18.0. The molecule has 0 saturated carbocycles. The summed E-state index contributed by atoms with van der Waals surface area (Å²) >= 11 is 0. The molecule has 2 aliphatic heterocycles. The number of para-hydroxylation sites is 1. The van der Waals surface area contributed by atoms with Crippen LogP contribution in [0.2, 0.25) is 0 Å². The van der Waals surface area contributed by atoms with E-state index in [-0.39, 0.29) is 17.8 Å². The van der Waals surface area contributed by atoms with Gasteiger partial charge in [-0.3, -0.25) is 9.80 Å². The van der Waals surface area contributed by atoms with Gasteiger partial charge in [-0.05, 0) is 18.9 Å². The average molecular weight is 367 g/mol. The molecule has 2 heterocycles. The summed E-state index contributed by atoms with van der Waals surface area (Å²) in [6.45, 7) is 10.6. The van der Waals surface area contributed by atoms with Gasteiger partial charge in [-0.2, -0.15) is 0 Å². The predicted octanol–water partition coefficient (Wildman–Crippen LogP) is 2.02. The maximum absolute atomic E-state index is 12.3. The lowest BCUT2D eigenvalue weighted by Gasteiger charge is -2.44. The van der Waals surface area contributed by atoms with E-state index in [0.717, 1.165) is 37.5 Å². The van der Waals surface area contributed by atoms with Crippen molar-refractivity contribution >= 4 is 9.84 Å². The van der Waals surface area contributed by atoms with Crippen LogP contribution in [0.1, 0.15) is 26.3 Å². The van der Waals surface area contributed by atoms with Gasteiger partial charge < -0.3 is 4.74 Å². The van der Waals surface area contributed by atoms with Crippen LogP contribution in [0.25, 0.3) is 0 Å². The molecule has 2 fully saturated rings. The van der Waals surface area contributed by atoms with Crippen LogP contribution < -0.4 is 4.74 Å². The second kappa shape index (κ2) is 7.64. The molecule has 0 radical (unpaired) electrons. The van der Waals surface area contributed by atoms with Crippen LogP contribution in [0.15, 0.2) is 24.3 Å². The lowest BCUT2D eigenvalue weighted by atomic mass is 10.0. The number of piperazine rings is 1. The molecule has 0 bridgehead atoms. The topological polar surface area (TPSA) is 49.9 Å². The van der Waals surface area contributed by atoms with E-state index in [1.807, 2.05) is 25.1 Å². The van der Waals surface area contributed by atoms with E-state index in [4.69, 9.17) is 4.74 Å². The Balaban J connectivity index is 1.79. The Morgan fingerprint density at radius 3 is 2.44 bits per heavy atom. The zero-order valence-electron chi connectivity index (χ0n) is 15.5. The summed E-state index contributed by atoms with van der Waals surface area (Å²) in [5.41, 5.74) is 1.14. The van der Waals surface area contributed by atoms with Gasteiger partial charge in [0.2, 0.25) is 0 Å². The fourth-order valence-corrected chi connectivity index (χ4v) is 6.18. The van der Waals surface area contributed by atoms with Crippen LogP contribution >= 0.6 is 0 Å². The molecule has 0 N–H and O–H groups in total. The van der Waals surface area contributed by atoms with Crippen LogP contribution in [-0.2, 0) is 16.4 Å². The molecule has 1 aromatic rings. The Hall–Kier alpha value is -1.11. The van der Waals surface area contributed by atoms with Crippen molar-refractivity contribution in [3.05, 3.63) is 29.8 Å². The SMILES string of the molecule is CCOc1ccccc1CN1CCN(CC(C)C)[C@H]2CS(=O)(=O)C[C@H]21. The van der Waals surface area contributed by atoms with E-state index in [2.05, 4.69) is 29.7 Å². The lowest BCUT2D eigenvalue weighted by Crippen LogP contribution is -2.59. The highest BCUT2D eigenvalue weighted by Gasteiger charge is 2.46. The van der Waals surface area contributed by atoms with Gasteiger partial charge in [-0.1, -0.05) is 32.0 Å². The number of benzene rings is 1. The first-order valence-corrected chi connectivity index (χ1v) is 11.1. The number of rotatable bonds is 6. The van der Waals surface area contributed by atoms with Gasteiger partial charge in [0.1, 0.15) is 5.75 Å². The molecule has 6 heteroatoms. The third-order valence-electron chi connectivity index (χ3n) is 5.15. The van der Waals surface area contributed by atoms with E-state index < -0.39 is 9.84 Å². The number of ether oxygens (including phenoxy) is 1. The monoisotopic (exact) mass is 366 g/mol. The second-order valence-corrected chi connectivity index (χ2v) is 9.77. The maximum Gasteiger partial charge on any atom is 0.153 e. The number of nitrogens with zero attached hydrogens (tertiary/aromatic N) is 2. The summed E-state index contributed by atoms with van der Waals surface area (Å²) in [6, 6.07) is 8.31. The third kappa shape index (κ3) is 4.36. The molecular weight excluding hydrogens is 336 g/mol. The van der Waals surface area contributed by atoms with Crippen molar-refractivity contribution in [3.8, 4) is 5.75 Å². The molecule has 2 saturated heterocycles. The summed E-state index contributed by atoms with van der Waals surface area (Å²) in [6.07, 6.45) is 0. The van der Waals surface area contributed by atoms with Crippen LogP contribution in [0.3, 0.4) is 0 Å². The van der Waals surface area contributed by atoms with Crippen molar-refractivity contribution in [1.82, 2.24) is 9.80 Å². The molecule has 2 atom stereocenters.